The molecule has 0 saturated carbocycles. The molecule has 0 radical (unpaired) electrons. The van der Waals surface area contributed by atoms with Crippen LogP contribution in [0.3, 0.4) is 0 Å². The fraction of sp³-hybridized carbons (Fsp3) is 0.522. The first-order valence-electron chi connectivity index (χ1n) is 11.3. The van der Waals surface area contributed by atoms with Gasteiger partial charge < -0.3 is 25.0 Å². The predicted molar refractivity (Wildman–Crippen MR) is 118 cm³/mol. The summed E-state index contributed by atoms with van der Waals surface area (Å²) in [5, 5.41) is 25.3. The third-order valence-corrected chi connectivity index (χ3v) is 6.73. The highest BCUT2D eigenvalue weighted by Gasteiger charge is 2.51. The number of benzene rings is 1. The molecule has 35 heavy (non-hydrogen) atoms. The molecule has 12 heteroatoms. The number of hydrogen-bond donors (Lipinski definition) is 4. The molecule has 0 bridgehead atoms. The molecule has 188 valence electrons. The molecular weight excluding hydrogens is 467 g/mol. The standard InChI is InChI=1S/C23H26F3N5O4/c1-35-19-4-2-3-16-15(19)9-17(30-16)22(34)31-11-13(23(24,25)26)8-18(31)21(33)29-14(10-27)7-12-5-6-28-20(12)32/h2-4,9,12-14,18,20,28,30,32H,5-8,11H2,1H3,(H,29,33)/t12-,13+,14-,18-,20?/m0/s1. The topological polar surface area (TPSA) is 130 Å². The Labute approximate surface area is 199 Å². The number of amides is 2. The van der Waals surface area contributed by atoms with Crippen molar-refractivity contribution in [2.45, 2.75) is 43.8 Å². The number of aromatic amines is 1. The minimum absolute atomic E-state index is 0.0297. The molecule has 1 aromatic heterocycles. The number of rotatable bonds is 6. The van der Waals surface area contributed by atoms with Crippen LogP contribution in [0.4, 0.5) is 13.2 Å². The van der Waals surface area contributed by atoms with Crippen LogP contribution >= 0.6 is 0 Å². The van der Waals surface area contributed by atoms with E-state index in [1.165, 1.54) is 13.2 Å². The zero-order chi connectivity index (χ0) is 25.3. The van der Waals surface area contributed by atoms with Crippen molar-refractivity contribution >= 4 is 22.7 Å². The van der Waals surface area contributed by atoms with Crippen LogP contribution in [0, 0.1) is 23.2 Å². The molecule has 2 amide bonds. The Kier molecular flexibility index (Phi) is 6.91. The van der Waals surface area contributed by atoms with E-state index in [9.17, 15) is 33.1 Å². The molecule has 4 N–H and O–H groups in total. The summed E-state index contributed by atoms with van der Waals surface area (Å²) in [6.45, 7) is -0.110. The first kappa shape index (κ1) is 24.8. The van der Waals surface area contributed by atoms with Crippen molar-refractivity contribution < 1.29 is 32.6 Å². The number of carbonyl (C=O) groups excluding carboxylic acids is 2. The quantitative estimate of drug-likeness (QED) is 0.486. The van der Waals surface area contributed by atoms with Crippen molar-refractivity contribution in [1.29, 1.82) is 5.26 Å². The average Bonchev–Trinajstić information content (AvgIpc) is 3.55. The molecule has 9 nitrogen and oxygen atoms in total. The second kappa shape index (κ2) is 9.75. The van der Waals surface area contributed by atoms with Crippen LogP contribution in [-0.4, -0.2) is 71.5 Å². The van der Waals surface area contributed by atoms with Crippen molar-refractivity contribution in [3.05, 3.63) is 30.0 Å². The van der Waals surface area contributed by atoms with Crippen molar-refractivity contribution in [2.24, 2.45) is 11.8 Å². The monoisotopic (exact) mass is 493 g/mol. The number of H-pyrrole nitrogens is 1. The number of nitrogens with zero attached hydrogens (tertiary/aromatic N) is 2. The number of carbonyl (C=O) groups is 2. The fourth-order valence-electron chi connectivity index (χ4n) is 4.82. The Bertz CT molecular complexity index is 1140. The van der Waals surface area contributed by atoms with E-state index in [4.69, 9.17) is 4.74 Å². The Morgan fingerprint density at radius 3 is 2.80 bits per heavy atom. The minimum Gasteiger partial charge on any atom is -0.496 e. The third kappa shape index (κ3) is 5.06. The zero-order valence-corrected chi connectivity index (χ0v) is 18.9. The van der Waals surface area contributed by atoms with Gasteiger partial charge in [0.05, 0.1) is 19.1 Å². The summed E-state index contributed by atoms with van der Waals surface area (Å²) < 4.78 is 46.0. The molecule has 2 fully saturated rings. The van der Waals surface area contributed by atoms with Crippen molar-refractivity contribution in [3.63, 3.8) is 0 Å². The molecule has 2 aliphatic heterocycles. The number of aliphatic hydroxyl groups is 1. The van der Waals surface area contributed by atoms with Gasteiger partial charge in [0.1, 0.15) is 29.8 Å². The van der Waals surface area contributed by atoms with Gasteiger partial charge in [-0.15, -0.1) is 0 Å². The summed E-state index contributed by atoms with van der Waals surface area (Å²) in [5.41, 5.74) is 0.593. The van der Waals surface area contributed by atoms with Crippen LogP contribution < -0.4 is 15.4 Å². The highest BCUT2D eigenvalue weighted by Crippen LogP contribution is 2.38. The minimum atomic E-state index is -4.59. The lowest BCUT2D eigenvalue weighted by Gasteiger charge is -2.25. The molecule has 4 rings (SSSR count). The molecule has 2 saturated heterocycles. The van der Waals surface area contributed by atoms with E-state index in [1.807, 2.05) is 6.07 Å². The number of nitrogens with one attached hydrogen (secondary N) is 3. The molecule has 3 heterocycles. The number of nitriles is 1. The first-order valence-corrected chi connectivity index (χ1v) is 11.3. The number of alkyl halides is 3. The maximum absolute atomic E-state index is 13.6. The number of likely N-dealkylation sites (tertiary alicyclic amines) is 1. The van der Waals surface area contributed by atoms with E-state index in [-0.39, 0.29) is 18.0 Å². The number of fused-ring (bicyclic) bond motifs is 1. The van der Waals surface area contributed by atoms with E-state index in [2.05, 4.69) is 15.6 Å². The average molecular weight is 493 g/mol. The van der Waals surface area contributed by atoms with Crippen LogP contribution in [0.2, 0.25) is 0 Å². The predicted octanol–water partition coefficient (Wildman–Crippen LogP) is 1.90. The van der Waals surface area contributed by atoms with Crippen LogP contribution in [0.15, 0.2) is 24.3 Å². The van der Waals surface area contributed by atoms with Crippen LogP contribution in [0.5, 0.6) is 5.75 Å². The first-order chi connectivity index (χ1) is 16.6. The zero-order valence-electron chi connectivity index (χ0n) is 18.9. The fourth-order valence-corrected chi connectivity index (χ4v) is 4.82. The van der Waals surface area contributed by atoms with Crippen LogP contribution in [0.25, 0.3) is 10.9 Å². The maximum atomic E-state index is 13.6. The van der Waals surface area contributed by atoms with E-state index in [0.717, 1.165) is 4.90 Å². The lowest BCUT2D eigenvalue weighted by atomic mass is 9.97. The van der Waals surface area contributed by atoms with E-state index in [0.29, 0.717) is 29.6 Å². The van der Waals surface area contributed by atoms with Gasteiger partial charge in [-0.3, -0.25) is 14.9 Å². The van der Waals surface area contributed by atoms with Gasteiger partial charge in [-0.1, -0.05) is 6.07 Å². The van der Waals surface area contributed by atoms with Gasteiger partial charge in [0.15, 0.2) is 0 Å². The van der Waals surface area contributed by atoms with Gasteiger partial charge in [0.25, 0.3) is 5.91 Å². The number of aromatic nitrogens is 1. The summed E-state index contributed by atoms with van der Waals surface area (Å²) in [5.74, 6) is -3.24. The van der Waals surface area contributed by atoms with Crippen molar-refractivity contribution in [2.75, 3.05) is 20.2 Å². The smallest absolute Gasteiger partial charge is 0.393 e. The van der Waals surface area contributed by atoms with Gasteiger partial charge in [-0.25, -0.2) is 0 Å². The summed E-state index contributed by atoms with van der Waals surface area (Å²) >= 11 is 0. The number of halogens is 3. The van der Waals surface area contributed by atoms with Gasteiger partial charge >= 0.3 is 6.18 Å². The van der Waals surface area contributed by atoms with Crippen molar-refractivity contribution in [1.82, 2.24) is 20.5 Å². The second-order valence-electron chi connectivity index (χ2n) is 8.93. The molecule has 2 aromatic rings. The molecule has 1 aromatic carbocycles. The van der Waals surface area contributed by atoms with Gasteiger partial charge in [0.2, 0.25) is 5.91 Å². The van der Waals surface area contributed by atoms with Crippen molar-refractivity contribution in [3.8, 4) is 11.8 Å². The largest absolute Gasteiger partial charge is 0.496 e. The van der Waals surface area contributed by atoms with E-state index < -0.39 is 55.2 Å². The third-order valence-electron chi connectivity index (χ3n) is 6.73. The van der Waals surface area contributed by atoms with E-state index in [1.54, 1.807) is 18.2 Å². The highest BCUT2D eigenvalue weighted by atomic mass is 19.4. The number of aliphatic hydroxyl groups excluding tert-OH is 1. The molecule has 0 spiro atoms. The second-order valence-corrected chi connectivity index (χ2v) is 8.93. The van der Waals surface area contributed by atoms with Gasteiger partial charge in [-0.05, 0) is 44.0 Å². The van der Waals surface area contributed by atoms with Crippen LogP contribution in [-0.2, 0) is 4.79 Å². The number of ether oxygens (including phenoxy) is 1. The van der Waals surface area contributed by atoms with Gasteiger partial charge in [0, 0.05) is 23.4 Å². The van der Waals surface area contributed by atoms with E-state index >= 15 is 0 Å². The molecule has 5 atom stereocenters. The Morgan fingerprint density at radius 2 is 2.17 bits per heavy atom. The Balaban J connectivity index is 1.56. The summed E-state index contributed by atoms with van der Waals surface area (Å²) in [7, 11) is 1.46. The summed E-state index contributed by atoms with van der Waals surface area (Å²) in [6, 6.07) is 6.10. The Hall–Kier alpha value is -3.30. The Morgan fingerprint density at radius 1 is 1.40 bits per heavy atom. The lowest BCUT2D eigenvalue weighted by molar-refractivity contribution is -0.170. The summed E-state index contributed by atoms with van der Waals surface area (Å²) in [6.07, 6.45) is -5.27. The maximum Gasteiger partial charge on any atom is 0.393 e. The molecule has 2 aliphatic rings. The van der Waals surface area contributed by atoms with Gasteiger partial charge in [-0.2, -0.15) is 18.4 Å². The van der Waals surface area contributed by atoms with Crippen LogP contribution in [0.1, 0.15) is 29.8 Å². The molecule has 1 unspecified atom stereocenters. The lowest BCUT2D eigenvalue weighted by Crippen LogP contribution is -2.49. The molecule has 0 aliphatic carbocycles. The number of methoxy groups -OCH3 is 1. The summed E-state index contributed by atoms with van der Waals surface area (Å²) in [4.78, 5) is 30.1. The normalized spacial score (nSPS) is 25.4. The SMILES string of the molecule is COc1cccc2[nH]c(C(=O)N3C[C@H](C(F)(F)F)C[C@H]3C(=O)N[C@H](C#N)C[C@@H]3CCNC3O)cc12. The highest BCUT2D eigenvalue weighted by molar-refractivity contribution is 6.01. The molecular formula is C23H26F3N5O4. The number of hydrogen-bond acceptors (Lipinski definition) is 6.